The Morgan fingerprint density at radius 1 is 0.833 bits per heavy atom. The Labute approximate surface area is 106 Å². The normalized spacial score (nSPS) is 10.5. The molecule has 1 N–H and O–H groups in total. The molecule has 3 rings (SSSR count). The molecule has 87 valence electrons. The average Bonchev–Trinajstić information content (AvgIpc) is 2.40. The van der Waals surface area contributed by atoms with E-state index in [1.54, 1.807) is 0 Å². The van der Waals surface area contributed by atoms with Crippen LogP contribution >= 0.6 is 0 Å². The number of nitrogens with zero attached hydrogens (tertiary/aromatic N) is 2. The summed E-state index contributed by atoms with van der Waals surface area (Å²) >= 11 is 0. The lowest BCUT2D eigenvalue weighted by Crippen LogP contribution is -1.98. The number of anilines is 2. The first-order chi connectivity index (χ1) is 8.83. The van der Waals surface area contributed by atoms with E-state index in [9.17, 15) is 0 Å². The smallest absolute Gasteiger partial charge is 0.142 e. The first-order valence-corrected chi connectivity index (χ1v) is 5.74. The van der Waals surface area contributed by atoms with E-state index in [0.29, 0.717) is 5.82 Å². The highest BCUT2D eigenvalue weighted by atomic mass is 15.0. The van der Waals surface area contributed by atoms with Crippen molar-refractivity contribution in [1.29, 1.82) is 0 Å². The van der Waals surface area contributed by atoms with Crippen LogP contribution in [0.2, 0.25) is 0 Å². The van der Waals surface area contributed by atoms with Crippen LogP contribution in [0.1, 0.15) is 5.82 Å². The van der Waals surface area contributed by atoms with Crippen molar-refractivity contribution >= 4 is 22.4 Å². The third-order valence-corrected chi connectivity index (χ3v) is 2.69. The Morgan fingerprint density at radius 2 is 1.56 bits per heavy atom. The standard InChI is InChI=1S/C15H12N3/c1-11-16-14-10-6-5-9-13(14)15(17-11)18-12-7-3-2-4-8-12/h2-10H,1H2,(H,16,17,18). The molecule has 1 radical (unpaired) electrons. The zero-order valence-corrected chi connectivity index (χ0v) is 9.80. The summed E-state index contributed by atoms with van der Waals surface area (Å²) in [6, 6.07) is 17.8. The quantitative estimate of drug-likeness (QED) is 0.736. The van der Waals surface area contributed by atoms with Gasteiger partial charge in [0.1, 0.15) is 11.6 Å². The van der Waals surface area contributed by atoms with Crippen molar-refractivity contribution in [2.45, 2.75) is 0 Å². The molecule has 3 heteroatoms. The van der Waals surface area contributed by atoms with Crippen LogP contribution in [0.5, 0.6) is 0 Å². The van der Waals surface area contributed by atoms with E-state index in [0.717, 1.165) is 22.4 Å². The molecule has 0 unspecified atom stereocenters. The van der Waals surface area contributed by atoms with E-state index in [2.05, 4.69) is 22.2 Å². The summed E-state index contributed by atoms with van der Waals surface area (Å²) in [7, 11) is 0. The van der Waals surface area contributed by atoms with Gasteiger partial charge in [0.05, 0.1) is 5.52 Å². The minimum absolute atomic E-state index is 0.520. The summed E-state index contributed by atoms with van der Waals surface area (Å²) in [5, 5.41) is 4.29. The van der Waals surface area contributed by atoms with Gasteiger partial charge >= 0.3 is 0 Å². The molecular weight excluding hydrogens is 222 g/mol. The summed E-state index contributed by atoms with van der Waals surface area (Å²) < 4.78 is 0. The van der Waals surface area contributed by atoms with Crippen molar-refractivity contribution in [3.8, 4) is 0 Å². The second kappa shape index (κ2) is 4.45. The van der Waals surface area contributed by atoms with E-state index >= 15 is 0 Å². The molecule has 0 bridgehead atoms. The molecule has 0 saturated carbocycles. The molecule has 1 aromatic heterocycles. The van der Waals surface area contributed by atoms with Gasteiger partial charge in [0.15, 0.2) is 0 Å². The fraction of sp³-hybridized carbons (Fsp3) is 0. The van der Waals surface area contributed by atoms with Gasteiger partial charge in [0.2, 0.25) is 0 Å². The topological polar surface area (TPSA) is 37.8 Å². The molecule has 0 spiro atoms. The molecule has 0 aliphatic rings. The zero-order chi connectivity index (χ0) is 12.4. The van der Waals surface area contributed by atoms with Crippen LogP contribution in [0.25, 0.3) is 10.9 Å². The van der Waals surface area contributed by atoms with Crippen LogP contribution in [0, 0.1) is 6.92 Å². The van der Waals surface area contributed by atoms with Crippen molar-refractivity contribution in [3.05, 3.63) is 67.3 Å². The predicted molar refractivity (Wildman–Crippen MR) is 73.7 cm³/mol. The van der Waals surface area contributed by atoms with Gasteiger partial charge in [-0.15, -0.1) is 0 Å². The van der Waals surface area contributed by atoms with Crippen LogP contribution in [0.3, 0.4) is 0 Å². The summed E-state index contributed by atoms with van der Waals surface area (Å²) in [6.45, 7) is 3.81. The molecule has 18 heavy (non-hydrogen) atoms. The summed E-state index contributed by atoms with van der Waals surface area (Å²) in [5.74, 6) is 1.31. The van der Waals surface area contributed by atoms with Crippen molar-refractivity contribution in [1.82, 2.24) is 9.97 Å². The fourth-order valence-electron chi connectivity index (χ4n) is 1.88. The number of benzene rings is 2. The van der Waals surface area contributed by atoms with E-state index in [4.69, 9.17) is 0 Å². The molecule has 2 aromatic carbocycles. The third-order valence-electron chi connectivity index (χ3n) is 2.69. The highest BCUT2D eigenvalue weighted by Crippen LogP contribution is 2.23. The lowest BCUT2D eigenvalue weighted by molar-refractivity contribution is 1.15. The number of hydrogen-bond acceptors (Lipinski definition) is 3. The van der Waals surface area contributed by atoms with E-state index in [1.165, 1.54) is 0 Å². The molecule has 0 aliphatic heterocycles. The van der Waals surface area contributed by atoms with Crippen molar-refractivity contribution in [2.24, 2.45) is 0 Å². The van der Waals surface area contributed by atoms with Crippen LogP contribution in [0.15, 0.2) is 54.6 Å². The number of para-hydroxylation sites is 2. The number of fused-ring (bicyclic) bond motifs is 1. The second-order valence-electron chi connectivity index (χ2n) is 4.00. The van der Waals surface area contributed by atoms with Gasteiger partial charge in [-0.05, 0) is 24.3 Å². The fourth-order valence-corrected chi connectivity index (χ4v) is 1.88. The van der Waals surface area contributed by atoms with Crippen LogP contribution < -0.4 is 5.32 Å². The molecule has 0 atom stereocenters. The number of rotatable bonds is 2. The maximum Gasteiger partial charge on any atom is 0.142 e. The van der Waals surface area contributed by atoms with Crippen LogP contribution in [-0.2, 0) is 0 Å². The maximum absolute atomic E-state index is 4.36. The second-order valence-corrected chi connectivity index (χ2v) is 4.00. The molecule has 1 heterocycles. The molecule has 3 nitrogen and oxygen atoms in total. The largest absolute Gasteiger partial charge is 0.340 e. The molecule has 0 amide bonds. The Morgan fingerprint density at radius 3 is 2.39 bits per heavy atom. The maximum atomic E-state index is 4.36. The first-order valence-electron chi connectivity index (χ1n) is 5.74. The monoisotopic (exact) mass is 234 g/mol. The third kappa shape index (κ3) is 2.02. The average molecular weight is 234 g/mol. The van der Waals surface area contributed by atoms with Gasteiger partial charge in [0, 0.05) is 18.0 Å². The number of nitrogens with one attached hydrogen (secondary N) is 1. The minimum Gasteiger partial charge on any atom is -0.340 e. The van der Waals surface area contributed by atoms with Crippen molar-refractivity contribution < 1.29 is 0 Å². The van der Waals surface area contributed by atoms with Gasteiger partial charge in [-0.3, -0.25) is 0 Å². The van der Waals surface area contributed by atoms with Crippen LogP contribution in [-0.4, -0.2) is 9.97 Å². The van der Waals surface area contributed by atoms with E-state index in [-0.39, 0.29) is 0 Å². The summed E-state index contributed by atoms with van der Waals surface area (Å²) in [6.07, 6.45) is 0. The van der Waals surface area contributed by atoms with Gasteiger partial charge in [-0.2, -0.15) is 0 Å². The molecule has 3 aromatic rings. The Balaban J connectivity index is 2.11. The zero-order valence-electron chi connectivity index (χ0n) is 9.80. The molecule has 0 fully saturated rings. The minimum atomic E-state index is 0.520. The van der Waals surface area contributed by atoms with Gasteiger partial charge in [-0.25, -0.2) is 9.97 Å². The van der Waals surface area contributed by atoms with Gasteiger partial charge in [-0.1, -0.05) is 30.3 Å². The van der Waals surface area contributed by atoms with Crippen molar-refractivity contribution in [3.63, 3.8) is 0 Å². The number of aromatic nitrogens is 2. The SMILES string of the molecule is [CH2]c1nc(Nc2ccccc2)c2ccccc2n1. The summed E-state index contributed by atoms with van der Waals surface area (Å²) in [4.78, 5) is 8.68. The predicted octanol–water partition coefficient (Wildman–Crippen LogP) is 3.56. The highest BCUT2D eigenvalue weighted by Gasteiger charge is 2.04. The number of hydrogen-bond donors (Lipinski definition) is 1. The van der Waals surface area contributed by atoms with Crippen molar-refractivity contribution in [2.75, 3.05) is 5.32 Å². The summed E-state index contributed by atoms with van der Waals surface area (Å²) in [5.41, 5.74) is 1.90. The Bertz CT molecular complexity index is 678. The van der Waals surface area contributed by atoms with E-state index in [1.807, 2.05) is 54.6 Å². The molecular formula is C15H12N3. The molecule has 0 saturated heterocycles. The van der Waals surface area contributed by atoms with Gasteiger partial charge in [0.25, 0.3) is 0 Å². The lowest BCUT2D eigenvalue weighted by atomic mass is 10.2. The van der Waals surface area contributed by atoms with E-state index < -0.39 is 0 Å². The first kappa shape index (κ1) is 10.7. The Hall–Kier alpha value is -2.42. The highest BCUT2D eigenvalue weighted by molar-refractivity contribution is 5.90. The lowest BCUT2D eigenvalue weighted by Gasteiger charge is -2.09. The Kier molecular flexibility index (Phi) is 2.65. The van der Waals surface area contributed by atoms with Gasteiger partial charge < -0.3 is 5.32 Å². The molecule has 0 aliphatic carbocycles. The van der Waals surface area contributed by atoms with Crippen LogP contribution in [0.4, 0.5) is 11.5 Å².